The van der Waals surface area contributed by atoms with Crippen molar-refractivity contribution in [2.45, 2.75) is 33.1 Å². The number of carbonyl (C=O) groups excluding carboxylic acids is 2. The fraction of sp³-hybridized carbons (Fsp3) is 0.333. The third-order valence-electron chi connectivity index (χ3n) is 4.36. The molecule has 8 heteroatoms. The molecule has 0 atom stereocenters. The van der Waals surface area contributed by atoms with Gasteiger partial charge < -0.3 is 10.1 Å². The van der Waals surface area contributed by atoms with Crippen molar-refractivity contribution in [3.05, 3.63) is 58.7 Å². The standard InChI is InChI=1S/C21H25NO6S/c1-4-15-8-16(5-2)10-18(9-15)11-17-6-7-19(22-21(24)13-23)20(12-17)28-14-29(25,26)27-3/h6-10,12-13H,4-5,11,14H2,1-3H3,(H,22,24). The van der Waals surface area contributed by atoms with E-state index in [9.17, 15) is 18.0 Å². The summed E-state index contributed by atoms with van der Waals surface area (Å²) in [5.41, 5.74) is 4.69. The molecule has 2 rings (SSSR count). The number of rotatable bonds is 10. The Hall–Kier alpha value is -2.71. The highest BCUT2D eigenvalue weighted by atomic mass is 32.2. The van der Waals surface area contributed by atoms with Crippen molar-refractivity contribution in [1.29, 1.82) is 0 Å². The maximum absolute atomic E-state index is 11.6. The minimum absolute atomic E-state index is 0.131. The molecule has 0 spiro atoms. The van der Waals surface area contributed by atoms with Crippen LogP contribution in [0.2, 0.25) is 0 Å². The first kappa shape index (κ1) is 22.6. The second-order valence-corrected chi connectivity index (χ2v) is 8.15. The number of nitrogens with one attached hydrogen (secondary N) is 1. The summed E-state index contributed by atoms with van der Waals surface area (Å²) in [5.74, 6) is -1.44. The molecule has 0 aromatic heterocycles. The second-order valence-electron chi connectivity index (χ2n) is 6.47. The Morgan fingerprint density at radius 2 is 1.62 bits per heavy atom. The van der Waals surface area contributed by atoms with Crippen LogP contribution >= 0.6 is 0 Å². The first-order valence-electron chi connectivity index (χ1n) is 9.22. The van der Waals surface area contributed by atoms with Gasteiger partial charge in [0.1, 0.15) is 5.75 Å². The number of anilines is 1. The lowest BCUT2D eigenvalue weighted by molar-refractivity contribution is -0.127. The summed E-state index contributed by atoms with van der Waals surface area (Å²) in [7, 11) is -2.82. The Morgan fingerprint density at radius 3 is 2.17 bits per heavy atom. The lowest BCUT2D eigenvalue weighted by atomic mass is 9.97. The Bertz CT molecular complexity index is 962. The van der Waals surface area contributed by atoms with E-state index in [1.54, 1.807) is 18.2 Å². The number of benzene rings is 2. The maximum Gasteiger partial charge on any atom is 0.302 e. The Morgan fingerprint density at radius 1 is 1.00 bits per heavy atom. The van der Waals surface area contributed by atoms with Gasteiger partial charge in [-0.3, -0.25) is 13.8 Å². The lowest BCUT2D eigenvalue weighted by Crippen LogP contribution is -2.16. The van der Waals surface area contributed by atoms with Crippen LogP contribution in [0.3, 0.4) is 0 Å². The van der Waals surface area contributed by atoms with Crippen LogP contribution in [0.4, 0.5) is 5.69 Å². The number of aldehydes is 1. The Balaban J connectivity index is 2.34. The van der Waals surface area contributed by atoms with Gasteiger partial charge in [-0.15, -0.1) is 0 Å². The van der Waals surface area contributed by atoms with E-state index in [1.807, 2.05) is 0 Å². The van der Waals surface area contributed by atoms with Crippen molar-refractivity contribution in [3.8, 4) is 5.75 Å². The average molecular weight is 419 g/mol. The van der Waals surface area contributed by atoms with E-state index in [0.29, 0.717) is 6.42 Å². The molecule has 2 aromatic carbocycles. The molecule has 1 amide bonds. The predicted molar refractivity (Wildman–Crippen MR) is 111 cm³/mol. The highest BCUT2D eigenvalue weighted by molar-refractivity contribution is 7.86. The fourth-order valence-corrected chi connectivity index (χ4v) is 3.20. The third-order valence-corrected chi connectivity index (χ3v) is 5.28. The molecule has 156 valence electrons. The number of ether oxygens (including phenoxy) is 1. The number of hydrogen-bond donors (Lipinski definition) is 1. The van der Waals surface area contributed by atoms with E-state index in [-0.39, 0.29) is 17.7 Å². The first-order chi connectivity index (χ1) is 13.8. The van der Waals surface area contributed by atoms with Gasteiger partial charge in [-0.2, -0.15) is 8.42 Å². The van der Waals surface area contributed by atoms with Crippen molar-refractivity contribution in [2.24, 2.45) is 0 Å². The molecule has 2 aromatic rings. The molecule has 0 bridgehead atoms. The molecule has 0 radical (unpaired) electrons. The molecule has 0 aliphatic heterocycles. The van der Waals surface area contributed by atoms with E-state index in [4.69, 9.17) is 4.74 Å². The van der Waals surface area contributed by atoms with Gasteiger partial charge in [-0.25, -0.2) is 0 Å². The molecule has 0 aliphatic rings. The van der Waals surface area contributed by atoms with Crippen molar-refractivity contribution >= 4 is 28.0 Å². The average Bonchev–Trinajstić information content (AvgIpc) is 2.73. The van der Waals surface area contributed by atoms with E-state index >= 15 is 0 Å². The summed E-state index contributed by atoms with van der Waals surface area (Å²) in [4.78, 5) is 22.1. The molecule has 0 unspecified atom stereocenters. The van der Waals surface area contributed by atoms with Crippen LogP contribution in [0, 0.1) is 0 Å². The summed E-state index contributed by atoms with van der Waals surface area (Å²) in [6.45, 7) is 4.20. The molecule has 0 fully saturated rings. The Kier molecular flexibility index (Phi) is 7.92. The van der Waals surface area contributed by atoms with E-state index in [2.05, 4.69) is 41.5 Å². The van der Waals surface area contributed by atoms with Gasteiger partial charge in [0.05, 0.1) is 12.8 Å². The number of aryl methyl sites for hydroxylation is 2. The third kappa shape index (κ3) is 6.69. The molecule has 0 aliphatic carbocycles. The molecule has 0 saturated heterocycles. The summed E-state index contributed by atoms with van der Waals surface area (Å²) < 4.78 is 32.9. The van der Waals surface area contributed by atoms with Crippen LogP contribution in [0.5, 0.6) is 5.75 Å². The van der Waals surface area contributed by atoms with Crippen molar-refractivity contribution < 1.29 is 26.9 Å². The molecule has 0 heterocycles. The van der Waals surface area contributed by atoms with Crippen molar-refractivity contribution in [2.75, 3.05) is 18.4 Å². The minimum Gasteiger partial charge on any atom is -0.473 e. The van der Waals surface area contributed by atoms with Gasteiger partial charge >= 0.3 is 10.1 Å². The van der Waals surface area contributed by atoms with Crippen LogP contribution in [0.25, 0.3) is 0 Å². The number of hydrogen-bond acceptors (Lipinski definition) is 6. The van der Waals surface area contributed by atoms with E-state index < -0.39 is 22.0 Å². The first-order valence-corrected chi connectivity index (χ1v) is 10.8. The molecular formula is C21H25NO6S. The largest absolute Gasteiger partial charge is 0.473 e. The minimum atomic E-state index is -3.86. The van der Waals surface area contributed by atoms with Gasteiger partial charge in [0.25, 0.3) is 5.91 Å². The zero-order valence-electron chi connectivity index (χ0n) is 16.7. The molecule has 0 saturated carbocycles. The zero-order valence-corrected chi connectivity index (χ0v) is 17.5. The summed E-state index contributed by atoms with van der Waals surface area (Å²) in [6.07, 6.45) is 2.60. The molecule has 1 N–H and O–H groups in total. The van der Waals surface area contributed by atoms with Crippen LogP contribution in [-0.2, 0) is 43.2 Å². The smallest absolute Gasteiger partial charge is 0.302 e. The highest BCUT2D eigenvalue weighted by Gasteiger charge is 2.14. The fourth-order valence-electron chi connectivity index (χ4n) is 2.83. The SMILES string of the molecule is CCc1cc(CC)cc(Cc2ccc(NC(=O)C=O)c(OCS(=O)(=O)OC)c2)c1. The van der Waals surface area contributed by atoms with Crippen LogP contribution < -0.4 is 10.1 Å². The van der Waals surface area contributed by atoms with Crippen LogP contribution in [-0.4, -0.2) is 33.7 Å². The van der Waals surface area contributed by atoms with E-state index in [0.717, 1.165) is 31.1 Å². The lowest BCUT2D eigenvalue weighted by Gasteiger charge is -2.14. The van der Waals surface area contributed by atoms with E-state index in [1.165, 1.54) is 11.1 Å². The normalized spacial score (nSPS) is 11.1. The zero-order chi connectivity index (χ0) is 21.4. The van der Waals surface area contributed by atoms with Crippen LogP contribution in [0.1, 0.15) is 36.1 Å². The van der Waals surface area contributed by atoms with Crippen LogP contribution in [0.15, 0.2) is 36.4 Å². The van der Waals surface area contributed by atoms with Crippen molar-refractivity contribution in [1.82, 2.24) is 0 Å². The van der Waals surface area contributed by atoms with Gasteiger partial charge in [0.15, 0.2) is 0 Å². The maximum atomic E-state index is 11.6. The van der Waals surface area contributed by atoms with Gasteiger partial charge in [0.2, 0.25) is 12.2 Å². The summed E-state index contributed by atoms with van der Waals surface area (Å²) in [6, 6.07) is 11.5. The summed E-state index contributed by atoms with van der Waals surface area (Å²) >= 11 is 0. The molecule has 29 heavy (non-hydrogen) atoms. The van der Waals surface area contributed by atoms with Crippen molar-refractivity contribution in [3.63, 3.8) is 0 Å². The Labute approximate surface area is 171 Å². The number of amides is 1. The number of carbonyl (C=O) groups is 2. The van der Waals surface area contributed by atoms with Gasteiger partial charge in [-0.05, 0) is 53.6 Å². The van der Waals surface area contributed by atoms with Gasteiger partial charge in [0, 0.05) is 0 Å². The summed E-state index contributed by atoms with van der Waals surface area (Å²) in [5, 5.41) is 2.37. The topological polar surface area (TPSA) is 98.8 Å². The molecular weight excluding hydrogens is 394 g/mol. The van der Waals surface area contributed by atoms with Gasteiger partial charge in [-0.1, -0.05) is 38.1 Å². The quantitative estimate of drug-likeness (QED) is 0.361. The molecule has 7 nitrogen and oxygen atoms in total. The highest BCUT2D eigenvalue weighted by Crippen LogP contribution is 2.28. The monoisotopic (exact) mass is 419 g/mol. The second kappa shape index (κ2) is 10.2. The predicted octanol–water partition coefficient (Wildman–Crippen LogP) is 2.85.